The number of anilines is 2. The van der Waals surface area contributed by atoms with Gasteiger partial charge in [0.2, 0.25) is 17.2 Å². The second-order valence-electron chi connectivity index (χ2n) is 4.97. The number of aromatic nitrogens is 3. The fraction of sp³-hybridized carbons (Fsp3) is 0.769. The van der Waals surface area contributed by atoms with Gasteiger partial charge in [-0.1, -0.05) is 19.3 Å². The molecule has 1 aromatic heterocycles. The maximum atomic E-state index is 9.31. The summed E-state index contributed by atoms with van der Waals surface area (Å²) in [7, 11) is 0. The third kappa shape index (κ3) is 3.93. The summed E-state index contributed by atoms with van der Waals surface area (Å²) in [4.78, 5) is 14.8. The van der Waals surface area contributed by atoms with E-state index in [2.05, 4.69) is 25.2 Å². The van der Waals surface area contributed by atoms with Crippen molar-refractivity contribution in [1.82, 2.24) is 15.0 Å². The predicted molar refractivity (Wildman–Crippen MR) is 80.3 cm³/mol. The van der Waals surface area contributed by atoms with Gasteiger partial charge in [0.15, 0.2) is 0 Å². The van der Waals surface area contributed by atoms with Crippen LogP contribution in [0.3, 0.4) is 0 Å². The summed E-state index contributed by atoms with van der Waals surface area (Å²) < 4.78 is 0. The average Bonchev–Trinajstić information content (AvgIpc) is 2.45. The van der Waals surface area contributed by atoms with E-state index in [1.165, 1.54) is 19.3 Å². The maximum absolute atomic E-state index is 9.31. The Bertz CT molecular complexity index is 425. The maximum Gasteiger partial charge on any atom is 0.231 e. The van der Waals surface area contributed by atoms with Crippen molar-refractivity contribution in [3.8, 4) is 0 Å². The normalized spacial score (nSPS) is 16.1. The first-order valence-corrected chi connectivity index (χ1v) is 7.65. The molecule has 20 heavy (non-hydrogen) atoms. The van der Waals surface area contributed by atoms with Crippen molar-refractivity contribution >= 4 is 23.5 Å². The highest BCUT2D eigenvalue weighted by molar-refractivity contribution is 6.28. The van der Waals surface area contributed by atoms with Gasteiger partial charge in [-0.3, -0.25) is 0 Å². The van der Waals surface area contributed by atoms with Crippen molar-refractivity contribution in [3.05, 3.63) is 5.28 Å². The van der Waals surface area contributed by atoms with E-state index in [0.717, 1.165) is 19.4 Å². The molecule has 6 nitrogen and oxygen atoms in total. The van der Waals surface area contributed by atoms with Crippen molar-refractivity contribution < 1.29 is 5.11 Å². The predicted octanol–water partition coefficient (Wildman–Crippen LogP) is 2.09. The Morgan fingerprint density at radius 3 is 2.65 bits per heavy atom. The van der Waals surface area contributed by atoms with Crippen molar-refractivity contribution in [2.24, 2.45) is 0 Å². The van der Waals surface area contributed by atoms with Crippen molar-refractivity contribution in [1.29, 1.82) is 0 Å². The summed E-state index contributed by atoms with van der Waals surface area (Å²) in [6.07, 6.45) is 5.93. The highest BCUT2D eigenvalue weighted by Crippen LogP contribution is 2.26. The van der Waals surface area contributed by atoms with Crippen LogP contribution in [0, 0.1) is 0 Å². The van der Waals surface area contributed by atoms with Crippen LogP contribution in [0.4, 0.5) is 11.9 Å². The standard InChI is InChI=1S/C13H22ClN5O/c1-2-15-12-16-11(14)17-13(18-12)19(8-9-20)10-6-4-3-5-7-10/h10,20H,2-9H2,1H3,(H,15,16,17,18). The van der Waals surface area contributed by atoms with Crippen LogP contribution in [0.1, 0.15) is 39.0 Å². The summed E-state index contributed by atoms with van der Waals surface area (Å²) >= 11 is 5.98. The van der Waals surface area contributed by atoms with E-state index in [-0.39, 0.29) is 11.9 Å². The van der Waals surface area contributed by atoms with Gasteiger partial charge in [0, 0.05) is 19.1 Å². The molecule has 2 rings (SSSR count). The summed E-state index contributed by atoms with van der Waals surface area (Å²) in [5.74, 6) is 1.04. The van der Waals surface area contributed by atoms with Crippen LogP contribution in [-0.2, 0) is 0 Å². The second-order valence-corrected chi connectivity index (χ2v) is 5.31. The van der Waals surface area contributed by atoms with E-state index in [4.69, 9.17) is 11.6 Å². The van der Waals surface area contributed by atoms with Gasteiger partial charge in [0.1, 0.15) is 0 Å². The Hall–Kier alpha value is -1.14. The van der Waals surface area contributed by atoms with Gasteiger partial charge in [0.25, 0.3) is 0 Å². The Morgan fingerprint density at radius 1 is 1.25 bits per heavy atom. The van der Waals surface area contributed by atoms with E-state index in [1.807, 2.05) is 6.92 Å². The van der Waals surface area contributed by atoms with Crippen LogP contribution in [0.15, 0.2) is 0 Å². The quantitative estimate of drug-likeness (QED) is 0.838. The fourth-order valence-electron chi connectivity index (χ4n) is 2.65. The molecule has 0 radical (unpaired) electrons. The lowest BCUT2D eigenvalue weighted by atomic mass is 9.94. The van der Waals surface area contributed by atoms with Gasteiger partial charge in [-0.05, 0) is 31.4 Å². The molecule has 1 aliphatic carbocycles. The lowest BCUT2D eigenvalue weighted by Gasteiger charge is -2.34. The molecule has 1 fully saturated rings. The Kier molecular flexibility index (Phi) is 5.79. The van der Waals surface area contributed by atoms with Gasteiger partial charge in [-0.15, -0.1) is 0 Å². The summed E-state index contributed by atoms with van der Waals surface area (Å²) in [5, 5.41) is 12.5. The van der Waals surface area contributed by atoms with Crippen molar-refractivity contribution in [3.63, 3.8) is 0 Å². The summed E-state index contributed by atoms with van der Waals surface area (Å²) in [5.41, 5.74) is 0. The first kappa shape index (κ1) is 15.3. The lowest BCUT2D eigenvalue weighted by molar-refractivity contribution is 0.288. The van der Waals surface area contributed by atoms with E-state index in [1.54, 1.807) is 0 Å². The van der Waals surface area contributed by atoms with Crippen molar-refractivity contribution in [2.45, 2.75) is 45.1 Å². The van der Waals surface area contributed by atoms with E-state index >= 15 is 0 Å². The molecule has 2 N–H and O–H groups in total. The van der Waals surface area contributed by atoms with Crippen LogP contribution in [0.2, 0.25) is 5.28 Å². The number of hydrogen-bond donors (Lipinski definition) is 2. The van der Waals surface area contributed by atoms with Crippen LogP contribution in [0.5, 0.6) is 0 Å². The molecule has 0 aromatic carbocycles. The van der Waals surface area contributed by atoms with Crippen LogP contribution in [0.25, 0.3) is 0 Å². The molecular weight excluding hydrogens is 278 g/mol. The first-order valence-electron chi connectivity index (χ1n) is 7.27. The van der Waals surface area contributed by atoms with E-state index in [0.29, 0.717) is 24.5 Å². The number of aliphatic hydroxyl groups is 1. The Labute approximate surface area is 124 Å². The zero-order chi connectivity index (χ0) is 14.4. The highest BCUT2D eigenvalue weighted by atomic mass is 35.5. The van der Waals surface area contributed by atoms with Crippen molar-refractivity contribution in [2.75, 3.05) is 29.9 Å². The number of aliphatic hydroxyl groups excluding tert-OH is 1. The highest BCUT2D eigenvalue weighted by Gasteiger charge is 2.23. The molecule has 0 unspecified atom stereocenters. The molecule has 0 aliphatic heterocycles. The topological polar surface area (TPSA) is 74.2 Å². The summed E-state index contributed by atoms with van der Waals surface area (Å²) in [6.45, 7) is 3.31. The molecule has 0 spiro atoms. The number of nitrogens with zero attached hydrogens (tertiary/aromatic N) is 4. The van der Waals surface area contributed by atoms with Gasteiger partial charge < -0.3 is 15.3 Å². The monoisotopic (exact) mass is 299 g/mol. The van der Waals surface area contributed by atoms with Crippen LogP contribution < -0.4 is 10.2 Å². The third-order valence-corrected chi connectivity index (χ3v) is 3.71. The molecule has 0 bridgehead atoms. The zero-order valence-corrected chi connectivity index (χ0v) is 12.6. The first-order chi connectivity index (χ1) is 9.74. The Morgan fingerprint density at radius 2 is 2.00 bits per heavy atom. The molecular formula is C13H22ClN5O. The SMILES string of the molecule is CCNc1nc(Cl)nc(N(CCO)C2CCCCC2)n1. The number of nitrogens with one attached hydrogen (secondary N) is 1. The number of halogens is 1. The third-order valence-electron chi connectivity index (χ3n) is 3.54. The van der Waals surface area contributed by atoms with Gasteiger partial charge in [-0.25, -0.2) is 0 Å². The molecule has 1 heterocycles. The van der Waals surface area contributed by atoms with Gasteiger partial charge in [-0.2, -0.15) is 15.0 Å². The minimum atomic E-state index is 0.0797. The number of rotatable bonds is 6. The van der Waals surface area contributed by atoms with Gasteiger partial charge >= 0.3 is 0 Å². The second kappa shape index (κ2) is 7.59. The zero-order valence-electron chi connectivity index (χ0n) is 11.8. The molecule has 1 aromatic rings. The molecule has 7 heteroatoms. The molecule has 0 amide bonds. The average molecular weight is 300 g/mol. The molecule has 0 saturated heterocycles. The smallest absolute Gasteiger partial charge is 0.231 e. The van der Waals surface area contributed by atoms with Gasteiger partial charge in [0.05, 0.1) is 6.61 Å². The van der Waals surface area contributed by atoms with Crippen LogP contribution in [-0.4, -0.2) is 45.8 Å². The largest absolute Gasteiger partial charge is 0.395 e. The molecule has 1 aliphatic rings. The van der Waals surface area contributed by atoms with E-state index < -0.39 is 0 Å². The molecule has 0 atom stereocenters. The lowest BCUT2D eigenvalue weighted by Crippen LogP contribution is -2.40. The minimum Gasteiger partial charge on any atom is -0.395 e. The molecule has 112 valence electrons. The minimum absolute atomic E-state index is 0.0797. The number of hydrogen-bond acceptors (Lipinski definition) is 6. The molecule has 1 saturated carbocycles. The Balaban J connectivity index is 2.22. The fourth-order valence-corrected chi connectivity index (χ4v) is 2.81. The summed E-state index contributed by atoms with van der Waals surface area (Å²) in [6, 6.07) is 0.379. The van der Waals surface area contributed by atoms with Crippen LogP contribution >= 0.6 is 11.6 Å². The van der Waals surface area contributed by atoms with E-state index in [9.17, 15) is 5.11 Å².